The van der Waals surface area contributed by atoms with Crippen LogP contribution >= 0.6 is 24.0 Å². The van der Waals surface area contributed by atoms with E-state index in [0.29, 0.717) is 24.8 Å². The number of nitrogens with zero attached hydrogens (tertiary/aromatic N) is 1. The molecule has 0 saturated heterocycles. The summed E-state index contributed by atoms with van der Waals surface area (Å²) in [5.41, 5.74) is 6.85. The van der Waals surface area contributed by atoms with E-state index in [9.17, 15) is 4.79 Å². The van der Waals surface area contributed by atoms with E-state index >= 15 is 0 Å². The van der Waals surface area contributed by atoms with E-state index in [4.69, 9.17) is 10.5 Å². The Hall–Kier alpha value is -1.51. The number of guanidine groups is 1. The Morgan fingerprint density at radius 2 is 2.00 bits per heavy atom. The van der Waals surface area contributed by atoms with Crippen molar-refractivity contribution in [1.29, 1.82) is 0 Å². The topological polar surface area (TPSA) is 88.7 Å². The molecule has 6 nitrogen and oxygen atoms in total. The molecule has 0 aliphatic carbocycles. The van der Waals surface area contributed by atoms with Crippen molar-refractivity contribution in [3.63, 3.8) is 0 Å². The summed E-state index contributed by atoms with van der Waals surface area (Å²) in [4.78, 5) is 15.7. The van der Waals surface area contributed by atoms with Gasteiger partial charge in [-0.05, 0) is 31.0 Å². The molecule has 0 atom stereocenters. The number of halogens is 1. The van der Waals surface area contributed by atoms with Crippen molar-refractivity contribution in [1.82, 2.24) is 10.6 Å². The van der Waals surface area contributed by atoms with Crippen molar-refractivity contribution in [3.8, 4) is 5.75 Å². The van der Waals surface area contributed by atoms with E-state index < -0.39 is 0 Å². The lowest BCUT2D eigenvalue weighted by Crippen LogP contribution is -2.32. The lowest BCUT2D eigenvalue weighted by Gasteiger charge is -2.08. The third-order valence-electron chi connectivity index (χ3n) is 3.41. The summed E-state index contributed by atoms with van der Waals surface area (Å²) in [7, 11) is 0. The zero-order valence-corrected chi connectivity index (χ0v) is 17.5. The van der Waals surface area contributed by atoms with Gasteiger partial charge in [0.05, 0.1) is 6.54 Å². The highest BCUT2D eigenvalue weighted by molar-refractivity contribution is 14.0. The van der Waals surface area contributed by atoms with E-state index in [0.717, 1.165) is 18.5 Å². The summed E-state index contributed by atoms with van der Waals surface area (Å²) in [6.07, 6.45) is 4.79. The first kappa shape index (κ1) is 23.5. The quantitative estimate of drug-likeness (QED) is 0.204. The van der Waals surface area contributed by atoms with Gasteiger partial charge < -0.3 is 21.1 Å². The molecule has 0 bridgehead atoms. The molecular formula is C18H31IN4O2. The normalized spacial score (nSPS) is 10.7. The SMILES string of the molecule is CCCCCCNC(N)=NCc1cccc(OCC(=O)NCC)c1.I. The maximum absolute atomic E-state index is 11.4. The molecule has 0 radical (unpaired) electrons. The van der Waals surface area contributed by atoms with Gasteiger partial charge in [0.1, 0.15) is 5.75 Å². The van der Waals surface area contributed by atoms with Gasteiger partial charge in [-0.15, -0.1) is 24.0 Å². The van der Waals surface area contributed by atoms with Gasteiger partial charge in [-0.2, -0.15) is 0 Å². The Morgan fingerprint density at radius 3 is 2.72 bits per heavy atom. The number of hydrogen-bond acceptors (Lipinski definition) is 3. The summed E-state index contributed by atoms with van der Waals surface area (Å²) in [5, 5.41) is 5.82. The molecule has 4 N–H and O–H groups in total. The second-order valence-electron chi connectivity index (χ2n) is 5.58. The number of carbonyl (C=O) groups is 1. The van der Waals surface area contributed by atoms with E-state index in [1.807, 2.05) is 31.2 Å². The van der Waals surface area contributed by atoms with Crippen LogP contribution < -0.4 is 21.1 Å². The van der Waals surface area contributed by atoms with Crippen LogP contribution in [0.25, 0.3) is 0 Å². The molecule has 1 amide bonds. The van der Waals surface area contributed by atoms with E-state index in [1.165, 1.54) is 19.3 Å². The number of benzene rings is 1. The lowest BCUT2D eigenvalue weighted by atomic mass is 10.2. The Labute approximate surface area is 168 Å². The van der Waals surface area contributed by atoms with Gasteiger partial charge in [0.2, 0.25) is 0 Å². The number of aliphatic imine (C=N–C) groups is 1. The Bertz CT molecular complexity index is 524. The first-order valence-corrected chi connectivity index (χ1v) is 8.68. The van der Waals surface area contributed by atoms with Crippen LogP contribution in [0.3, 0.4) is 0 Å². The van der Waals surface area contributed by atoms with Crippen LogP contribution in [0, 0.1) is 0 Å². The summed E-state index contributed by atoms with van der Waals surface area (Å²) in [6, 6.07) is 7.53. The van der Waals surface area contributed by atoms with Crippen LogP contribution in [-0.4, -0.2) is 31.6 Å². The van der Waals surface area contributed by atoms with Crippen molar-refractivity contribution in [2.75, 3.05) is 19.7 Å². The summed E-state index contributed by atoms with van der Waals surface area (Å²) in [5.74, 6) is 0.984. The third kappa shape index (κ3) is 11.6. The van der Waals surface area contributed by atoms with Crippen LogP contribution in [0.5, 0.6) is 5.75 Å². The van der Waals surface area contributed by atoms with Gasteiger partial charge in [0, 0.05) is 13.1 Å². The number of nitrogens with one attached hydrogen (secondary N) is 2. The molecule has 142 valence electrons. The fourth-order valence-electron chi connectivity index (χ4n) is 2.13. The molecule has 1 rings (SSSR count). The summed E-state index contributed by atoms with van der Waals surface area (Å²) >= 11 is 0. The lowest BCUT2D eigenvalue weighted by molar-refractivity contribution is -0.122. The van der Waals surface area contributed by atoms with Gasteiger partial charge in [-0.1, -0.05) is 38.3 Å². The van der Waals surface area contributed by atoms with E-state index in [2.05, 4.69) is 22.5 Å². The number of amides is 1. The molecule has 25 heavy (non-hydrogen) atoms. The van der Waals surface area contributed by atoms with Crippen LogP contribution in [0.1, 0.15) is 45.1 Å². The second-order valence-corrected chi connectivity index (χ2v) is 5.58. The summed E-state index contributed by atoms with van der Waals surface area (Å²) < 4.78 is 5.46. The first-order chi connectivity index (χ1) is 11.7. The fourth-order valence-corrected chi connectivity index (χ4v) is 2.13. The number of unbranched alkanes of at least 4 members (excludes halogenated alkanes) is 3. The monoisotopic (exact) mass is 462 g/mol. The van der Waals surface area contributed by atoms with Crippen LogP contribution in [0.4, 0.5) is 0 Å². The predicted molar refractivity (Wildman–Crippen MR) is 114 cm³/mol. The highest BCUT2D eigenvalue weighted by Crippen LogP contribution is 2.14. The van der Waals surface area contributed by atoms with Gasteiger partial charge in [-0.25, -0.2) is 4.99 Å². The van der Waals surface area contributed by atoms with Gasteiger partial charge in [0.15, 0.2) is 12.6 Å². The predicted octanol–water partition coefficient (Wildman–Crippen LogP) is 2.80. The molecule has 0 fully saturated rings. The minimum absolute atomic E-state index is 0. The van der Waals surface area contributed by atoms with Gasteiger partial charge in [-0.3, -0.25) is 4.79 Å². The van der Waals surface area contributed by atoms with E-state index in [1.54, 1.807) is 0 Å². The zero-order valence-electron chi connectivity index (χ0n) is 15.2. The second kappa shape index (κ2) is 14.8. The number of ether oxygens (including phenoxy) is 1. The minimum atomic E-state index is -0.127. The molecule has 0 spiro atoms. The van der Waals surface area contributed by atoms with E-state index in [-0.39, 0.29) is 36.5 Å². The third-order valence-corrected chi connectivity index (χ3v) is 3.41. The average molecular weight is 462 g/mol. The molecule has 1 aromatic rings. The highest BCUT2D eigenvalue weighted by Gasteiger charge is 2.02. The van der Waals surface area contributed by atoms with Crippen LogP contribution in [0.2, 0.25) is 0 Å². The fraction of sp³-hybridized carbons (Fsp3) is 0.556. The van der Waals surface area contributed by atoms with Crippen molar-refractivity contribution in [2.45, 2.75) is 46.1 Å². The number of rotatable bonds is 11. The van der Waals surface area contributed by atoms with Crippen molar-refractivity contribution in [3.05, 3.63) is 29.8 Å². The van der Waals surface area contributed by atoms with Crippen molar-refractivity contribution >= 4 is 35.8 Å². The minimum Gasteiger partial charge on any atom is -0.484 e. The van der Waals surface area contributed by atoms with Crippen LogP contribution in [-0.2, 0) is 11.3 Å². The van der Waals surface area contributed by atoms with Gasteiger partial charge in [0.25, 0.3) is 5.91 Å². The molecule has 0 heterocycles. The van der Waals surface area contributed by atoms with Crippen molar-refractivity contribution in [2.24, 2.45) is 10.7 Å². The van der Waals surface area contributed by atoms with Crippen LogP contribution in [0.15, 0.2) is 29.3 Å². The molecule has 7 heteroatoms. The number of carbonyl (C=O) groups excluding carboxylic acids is 1. The largest absolute Gasteiger partial charge is 0.484 e. The molecule has 0 aromatic heterocycles. The number of nitrogens with two attached hydrogens (primary N) is 1. The molecule has 0 unspecified atom stereocenters. The Balaban J connectivity index is 0.00000576. The maximum atomic E-state index is 11.4. The molecule has 1 aromatic carbocycles. The highest BCUT2D eigenvalue weighted by atomic mass is 127. The molecule has 0 aliphatic heterocycles. The van der Waals surface area contributed by atoms with Crippen molar-refractivity contribution < 1.29 is 9.53 Å². The zero-order chi connectivity index (χ0) is 17.6. The summed E-state index contributed by atoms with van der Waals surface area (Å²) in [6.45, 7) is 6.01. The first-order valence-electron chi connectivity index (χ1n) is 8.68. The number of likely N-dealkylation sites (N-methyl/N-ethyl adjacent to an activating group) is 1. The van der Waals surface area contributed by atoms with Gasteiger partial charge >= 0.3 is 0 Å². The molecule has 0 aliphatic rings. The standard InChI is InChI=1S/C18H30N4O2.HI/c1-3-5-6-7-11-21-18(19)22-13-15-9-8-10-16(12-15)24-14-17(23)20-4-2;/h8-10,12H,3-7,11,13-14H2,1-2H3,(H,20,23)(H3,19,21,22);1H. The smallest absolute Gasteiger partial charge is 0.257 e. The number of hydrogen-bond donors (Lipinski definition) is 3. The average Bonchev–Trinajstić information content (AvgIpc) is 2.59. The Morgan fingerprint density at radius 1 is 1.20 bits per heavy atom. The maximum Gasteiger partial charge on any atom is 0.257 e. The molecular weight excluding hydrogens is 431 g/mol. The Kier molecular flexibility index (Phi) is 13.9. The molecule has 0 saturated carbocycles.